The summed E-state index contributed by atoms with van der Waals surface area (Å²) in [6.07, 6.45) is 3.68. The summed E-state index contributed by atoms with van der Waals surface area (Å²) in [4.78, 5) is 6.73. The van der Waals surface area contributed by atoms with E-state index in [2.05, 4.69) is 23.7 Å². The van der Waals surface area contributed by atoms with Gasteiger partial charge in [0, 0.05) is 24.3 Å². The third-order valence-electron chi connectivity index (χ3n) is 3.03. The van der Waals surface area contributed by atoms with Crippen LogP contribution in [0.25, 0.3) is 0 Å². The van der Waals surface area contributed by atoms with E-state index in [0.29, 0.717) is 22.8 Å². The standard InChI is InChI=1S/C13H20ClN3/c1-9(2)5-6-17(11-3-4-11)13-8-10(15)7-12(14)16-13/h7-9,11H,3-6H2,1-2H3,(H2,15,16). The summed E-state index contributed by atoms with van der Waals surface area (Å²) in [6.45, 7) is 5.52. The Kier molecular flexibility index (Phi) is 3.77. The Morgan fingerprint density at radius 2 is 2.18 bits per heavy atom. The number of rotatable bonds is 5. The number of hydrogen-bond acceptors (Lipinski definition) is 3. The fourth-order valence-corrected chi connectivity index (χ4v) is 2.13. The Morgan fingerprint density at radius 3 is 2.71 bits per heavy atom. The predicted molar refractivity (Wildman–Crippen MR) is 73.5 cm³/mol. The number of nitrogens with zero attached hydrogens (tertiary/aromatic N) is 2. The Balaban J connectivity index is 2.14. The highest BCUT2D eigenvalue weighted by Gasteiger charge is 2.30. The number of nitrogen functional groups attached to an aromatic ring is 1. The van der Waals surface area contributed by atoms with Crippen LogP contribution in [0, 0.1) is 5.92 Å². The molecular formula is C13H20ClN3. The van der Waals surface area contributed by atoms with Crippen LogP contribution in [0.5, 0.6) is 0 Å². The summed E-state index contributed by atoms with van der Waals surface area (Å²) in [6, 6.07) is 4.25. The minimum absolute atomic E-state index is 0.482. The van der Waals surface area contributed by atoms with E-state index in [1.807, 2.05) is 6.07 Å². The van der Waals surface area contributed by atoms with E-state index in [9.17, 15) is 0 Å². The molecule has 0 amide bonds. The molecule has 4 heteroatoms. The molecule has 1 aromatic rings. The molecule has 2 rings (SSSR count). The lowest BCUT2D eigenvalue weighted by molar-refractivity contribution is 0.568. The minimum Gasteiger partial charge on any atom is -0.399 e. The maximum Gasteiger partial charge on any atom is 0.133 e. The summed E-state index contributed by atoms with van der Waals surface area (Å²) in [5, 5.41) is 0.482. The van der Waals surface area contributed by atoms with Crippen molar-refractivity contribution in [1.82, 2.24) is 4.98 Å². The maximum absolute atomic E-state index is 5.96. The van der Waals surface area contributed by atoms with E-state index >= 15 is 0 Å². The Bertz CT molecular complexity index is 368. The van der Waals surface area contributed by atoms with Crippen LogP contribution in [0.4, 0.5) is 11.5 Å². The van der Waals surface area contributed by atoms with Gasteiger partial charge in [0.2, 0.25) is 0 Å². The molecule has 0 radical (unpaired) electrons. The van der Waals surface area contributed by atoms with Crippen molar-refractivity contribution in [3.8, 4) is 0 Å². The molecule has 94 valence electrons. The van der Waals surface area contributed by atoms with Gasteiger partial charge >= 0.3 is 0 Å². The molecule has 1 aliphatic carbocycles. The van der Waals surface area contributed by atoms with E-state index in [0.717, 1.165) is 12.4 Å². The number of nitrogens with two attached hydrogens (primary N) is 1. The fraction of sp³-hybridized carbons (Fsp3) is 0.615. The molecule has 0 aliphatic heterocycles. The second-order valence-electron chi connectivity index (χ2n) is 5.19. The third-order valence-corrected chi connectivity index (χ3v) is 3.23. The Labute approximate surface area is 108 Å². The molecule has 0 bridgehead atoms. The van der Waals surface area contributed by atoms with Crippen LogP contribution in [0.1, 0.15) is 33.1 Å². The van der Waals surface area contributed by atoms with Crippen molar-refractivity contribution in [1.29, 1.82) is 0 Å². The van der Waals surface area contributed by atoms with E-state index in [1.165, 1.54) is 19.3 Å². The summed E-state index contributed by atoms with van der Waals surface area (Å²) >= 11 is 5.96. The van der Waals surface area contributed by atoms with Gasteiger partial charge in [0.25, 0.3) is 0 Å². The minimum atomic E-state index is 0.482. The fourth-order valence-electron chi connectivity index (χ4n) is 1.92. The topological polar surface area (TPSA) is 42.1 Å². The van der Waals surface area contributed by atoms with Crippen molar-refractivity contribution in [2.75, 3.05) is 17.2 Å². The zero-order valence-electron chi connectivity index (χ0n) is 10.5. The second-order valence-corrected chi connectivity index (χ2v) is 5.58. The van der Waals surface area contributed by atoms with Gasteiger partial charge in [-0.2, -0.15) is 0 Å². The van der Waals surface area contributed by atoms with E-state index < -0.39 is 0 Å². The normalized spacial score (nSPS) is 15.3. The lowest BCUT2D eigenvalue weighted by Gasteiger charge is -2.24. The highest BCUT2D eigenvalue weighted by molar-refractivity contribution is 6.29. The number of halogens is 1. The molecule has 2 N–H and O–H groups in total. The molecule has 0 unspecified atom stereocenters. The first kappa shape index (κ1) is 12.5. The van der Waals surface area contributed by atoms with E-state index in [4.69, 9.17) is 17.3 Å². The smallest absolute Gasteiger partial charge is 0.133 e. The molecule has 1 heterocycles. The quantitative estimate of drug-likeness (QED) is 0.819. The van der Waals surface area contributed by atoms with Gasteiger partial charge in [-0.1, -0.05) is 25.4 Å². The molecule has 0 aromatic carbocycles. The van der Waals surface area contributed by atoms with Gasteiger partial charge in [-0.15, -0.1) is 0 Å². The van der Waals surface area contributed by atoms with Crippen molar-refractivity contribution >= 4 is 23.1 Å². The molecule has 0 saturated heterocycles. The van der Waals surface area contributed by atoms with Gasteiger partial charge in [-0.25, -0.2) is 4.98 Å². The summed E-state index contributed by atoms with van der Waals surface area (Å²) < 4.78 is 0. The summed E-state index contributed by atoms with van der Waals surface area (Å²) in [5.41, 5.74) is 6.51. The number of pyridine rings is 1. The van der Waals surface area contributed by atoms with E-state index in [1.54, 1.807) is 6.07 Å². The second kappa shape index (κ2) is 5.13. The van der Waals surface area contributed by atoms with Crippen LogP contribution in [0.15, 0.2) is 12.1 Å². The molecule has 1 saturated carbocycles. The van der Waals surface area contributed by atoms with E-state index in [-0.39, 0.29) is 0 Å². The molecule has 3 nitrogen and oxygen atoms in total. The lowest BCUT2D eigenvalue weighted by Crippen LogP contribution is -2.28. The largest absolute Gasteiger partial charge is 0.399 e. The first-order chi connectivity index (χ1) is 8.06. The van der Waals surface area contributed by atoms with Crippen molar-refractivity contribution in [3.05, 3.63) is 17.3 Å². The molecule has 0 atom stereocenters. The highest BCUT2D eigenvalue weighted by atomic mass is 35.5. The maximum atomic E-state index is 5.96. The molecule has 1 aliphatic rings. The van der Waals surface area contributed by atoms with Crippen molar-refractivity contribution in [2.45, 2.75) is 39.2 Å². The zero-order valence-corrected chi connectivity index (χ0v) is 11.2. The van der Waals surface area contributed by atoms with Gasteiger partial charge in [0.15, 0.2) is 0 Å². The van der Waals surface area contributed by atoms with Gasteiger partial charge in [0.1, 0.15) is 11.0 Å². The monoisotopic (exact) mass is 253 g/mol. The summed E-state index contributed by atoms with van der Waals surface area (Å²) in [5.74, 6) is 1.63. The van der Waals surface area contributed by atoms with Crippen molar-refractivity contribution in [3.63, 3.8) is 0 Å². The number of aromatic nitrogens is 1. The summed E-state index contributed by atoms with van der Waals surface area (Å²) in [7, 11) is 0. The molecule has 1 fully saturated rings. The Morgan fingerprint density at radius 1 is 1.47 bits per heavy atom. The number of hydrogen-bond donors (Lipinski definition) is 1. The van der Waals surface area contributed by atoms with Gasteiger partial charge in [-0.05, 0) is 31.2 Å². The first-order valence-electron chi connectivity index (χ1n) is 6.26. The van der Waals surface area contributed by atoms with Crippen LogP contribution in [-0.2, 0) is 0 Å². The lowest BCUT2D eigenvalue weighted by atomic mass is 10.1. The third kappa shape index (κ3) is 3.50. The van der Waals surface area contributed by atoms with Crippen LogP contribution in [-0.4, -0.2) is 17.6 Å². The SMILES string of the molecule is CC(C)CCN(c1cc(N)cc(Cl)n1)C1CC1. The average molecular weight is 254 g/mol. The first-order valence-corrected chi connectivity index (χ1v) is 6.64. The van der Waals surface area contributed by atoms with Crippen LogP contribution >= 0.6 is 11.6 Å². The zero-order chi connectivity index (χ0) is 12.4. The average Bonchev–Trinajstić information content (AvgIpc) is 3.00. The van der Waals surface area contributed by atoms with Gasteiger partial charge in [-0.3, -0.25) is 0 Å². The van der Waals surface area contributed by atoms with Crippen molar-refractivity contribution < 1.29 is 0 Å². The van der Waals surface area contributed by atoms with Crippen molar-refractivity contribution in [2.24, 2.45) is 5.92 Å². The molecule has 0 spiro atoms. The number of anilines is 2. The molecule has 17 heavy (non-hydrogen) atoms. The molecular weight excluding hydrogens is 234 g/mol. The van der Waals surface area contributed by atoms with Crippen LogP contribution in [0.2, 0.25) is 5.15 Å². The highest BCUT2D eigenvalue weighted by Crippen LogP contribution is 2.32. The molecule has 1 aromatic heterocycles. The van der Waals surface area contributed by atoms with Crippen LogP contribution < -0.4 is 10.6 Å². The Hall–Kier alpha value is -0.960. The van der Waals surface area contributed by atoms with Crippen LogP contribution in [0.3, 0.4) is 0 Å². The van der Waals surface area contributed by atoms with Gasteiger partial charge in [0.05, 0.1) is 0 Å². The van der Waals surface area contributed by atoms with Gasteiger partial charge < -0.3 is 10.6 Å². The predicted octanol–water partition coefficient (Wildman–Crippen LogP) is 3.33.